The first-order valence-electron chi connectivity index (χ1n) is 6.12. The molecule has 0 saturated heterocycles. The molecule has 0 fully saturated rings. The summed E-state index contributed by atoms with van der Waals surface area (Å²) in [5.74, 6) is 0.659. The number of aromatic amines is 1. The van der Waals surface area contributed by atoms with E-state index >= 15 is 0 Å². The first kappa shape index (κ1) is 14.3. The number of rotatable bonds is 5. The average molecular weight is 342 g/mol. The molecule has 0 aliphatic rings. The van der Waals surface area contributed by atoms with Gasteiger partial charge in [0.25, 0.3) is 0 Å². The van der Waals surface area contributed by atoms with Gasteiger partial charge in [-0.25, -0.2) is 0 Å². The Kier molecular flexibility index (Phi) is 4.76. The minimum Gasteiger partial charge on any atom is -0.309 e. The van der Waals surface area contributed by atoms with Gasteiger partial charge in [0, 0.05) is 22.6 Å². The second kappa shape index (κ2) is 6.34. The number of amides is 1. The average Bonchev–Trinajstić information content (AvgIpc) is 2.90. The second-order valence-electron chi connectivity index (χ2n) is 4.43. The van der Waals surface area contributed by atoms with Crippen LogP contribution in [0.4, 0.5) is 5.82 Å². The third kappa shape index (κ3) is 3.91. The first-order valence-corrected chi connectivity index (χ1v) is 7.73. The van der Waals surface area contributed by atoms with Crippen molar-refractivity contribution in [3.63, 3.8) is 0 Å². The van der Waals surface area contributed by atoms with Crippen LogP contribution in [0.15, 0.2) is 15.9 Å². The largest absolute Gasteiger partial charge is 0.309 e. The van der Waals surface area contributed by atoms with E-state index in [0.29, 0.717) is 12.2 Å². The first-order chi connectivity index (χ1) is 9.06. The molecule has 0 saturated carbocycles. The molecular formula is C13H16BrN3OS. The molecule has 0 spiro atoms. The number of H-pyrrole nitrogens is 1. The highest BCUT2D eigenvalue weighted by Crippen LogP contribution is 2.23. The lowest BCUT2D eigenvalue weighted by Crippen LogP contribution is -2.12. The van der Waals surface area contributed by atoms with Crippen molar-refractivity contribution in [3.05, 3.63) is 32.1 Å². The van der Waals surface area contributed by atoms with E-state index in [9.17, 15) is 4.79 Å². The maximum absolute atomic E-state index is 11.8. The van der Waals surface area contributed by atoms with Gasteiger partial charge < -0.3 is 5.32 Å². The quantitative estimate of drug-likeness (QED) is 0.868. The Morgan fingerprint density at radius 3 is 2.84 bits per heavy atom. The lowest BCUT2D eigenvalue weighted by atomic mass is 10.2. The number of carbonyl (C=O) groups excluding carboxylic acids is 1. The summed E-state index contributed by atoms with van der Waals surface area (Å²) < 4.78 is 1.13. The number of aryl methyl sites for hydroxylation is 2. The zero-order valence-electron chi connectivity index (χ0n) is 10.9. The van der Waals surface area contributed by atoms with Crippen molar-refractivity contribution in [2.24, 2.45) is 0 Å². The van der Waals surface area contributed by atoms with E-state index in [0.717, 1.165) is 27.9 Å². The van der Waals surface area contributed by atoms with Crippen LogP contribution in [-0.4, -0.2) is 16.1 Å². The number of hydrogen-bond donors (Lipinski definition) is 2. The Bertz CT molecular complexity index is 576. The Morgan fingerprint density at radius 1 is 1.47 bits per heavy atom. The van der Waals surface area contributed by atoms with Crippen LogP contribution in [-0.2, 0) is 11.2 Å². The number of halogens is 1. The highest BCUT2D eigenvalue weighted by Gasteiger charge is 2.09. The van der Waals surface area contributed by atoms with E-state index in [1.54, 1.807) is 11.3 Å². The topological polar surface area (TPSA) is 57.8 Å². The third-order valence-corrected chi connectivity index (χ3v) is 4.65. The number of aromatic nitrogens is 2. The van der Waals surface area contributed by atoms with E-state index in [-0.39, 0.29) is 5.91 Å². The highest BCUT2D eigenvalue weighted by molar-refractivity contribution is 9.11. The molecule has 102 valence electrons. The van der Waals surface area contributed by atoms with Crippen molar-refractivity contribution in [2.75, 3.05) is 5.32 Å². The molecule has 0 unspecified atom stereocenters. The Balaban J connectivity index is 1.77. The summed E-state index contributed by atoms with van der Waals surface area (Å²) in [5, 5.41) is 9.76. The fraction of sp³-hybridized carbons (Fsp3) is 0.385. The summed E-state index contributed by atoms with van der Waals surface area (Å²) >= 11 is 5.15. The number of hydrogen-bond acceptors (Lipinski definition) is 3. The standard InChI is InChI=1S/C13H16BrN3OS/c1-8-9(2)16-17-13(8)15-12(18)5-3-4-10-6-7-11(14)19-10/h6-7H,3-5H2,1-2H3,(H2,15,16,17,18). The number of thiophene rings is 1. The molecule has 0 bridgehead atoms. The van der Waals surface area contributed by atoms with Crippen LogP contribution < -0.4 is 5.32 Å². The van der Waals surface area contributed by atoms with E-state index in [2.05, 4.69) is 37.5 Å². The van der Waals surface area contributed by atoms with Gasteiger partial charge in [-0.2, -0.15) is 5.10 Å². The molecule has 0 aliphatic carbocycles. The minimum atomic E-state index is 0.0187. The Hall–Kier alpha value is -1.14. The van der Waals surface area contributed by atoms with Gasteiger partial charge in [-0.05, 0) is 54.8 Å². The Labute approximate surface area is 124 Å². The van der Waals surface area contributed by atoms with Crippen LogP contribution in [0.2, 0.25) is 0 Å². The van der Waals surface area contributed by atoms with Crippen LogP contribution in [0.3, 0.4) is 0 Å². The molecule has 19 heavy (non-hydrogen) atoms. The van der Waals surface area contributed by atoms with Gasteiger partial charge in [-0.3, -0.25) is 9.89 Å². The molecule has 0 radical (unpaired) electrons. The molecule has 2 aromatic heterocycles. The van der Waals surface area contributed by atoms with E-state index in [4.69, 9.17) is 0 Å². The normalized spacial score (nSPS) is 10.7. The summed E-state index contributed by atoms with van der Waals surface area (Å²) in [6.45, 7) is 3.88. The van der Waals surface area contributed by atoms with Gasteiger partial charge in [0.1, 0.15) is 0 Å². The van der Waals surface area contributed by atoms with Gasteiger partial charge in [-0.1, -0.05) is 0 Å². The summed E-state index contributed by atoms with van der Waals surface area (Å²) in [6, 6.07) is 4.13. The van der Waals surface area contributed by atoms with Crippen molar-refractivity contribution in [1.82, 2.24) is 10.2 Å². The van der Waals surface area contributed by atoms with Gasteiger partial charge >= 0.3 is 0 Å². The molecule has 1 amide bonds. The fourth-order valence-electron chi connectivity index (χ4n) is 1.71. The van der Waals surface area contributed by atoms with Crippen LogP contribution in [0, 0.1) is 13.8 Å². The Morgan fingerprint density at radius 2 is 2.26 bits per heavy atom. The summed E-state index contributed by atoms with van der Waals surface area (Å²) in [6.07, 6.45) is 2.30. The molecule has 2 aromatic rings. The predicted octanol–water partition coefficient (Wildman–Crippen LogP) is 3.81. The SMILES string of the molecule is Cc1[nH]nc(NC(=O)CCCc2ccc(Br)s2)c1C. The van der Waals surface area contributed by atoms with Crippen LogP contribution in [0.25, 0.3) is 0 Å². The minimum absolute atomic E-state index is 0.0187. The maximum atomic E-state index is 11.8. The van der Waals surface area contributed by atoms with Crippen LogP contribution in [0.1, 0.15) is 29.0 Å². The predicted molar refractivity (Wildman–Crippen MR) is 81.6 cm³/mol. The molecule has 2 rings (SSSR count). The summed E-state index contributed by atoms with van der Waals surface area (Å²) in [5.41, 5.74) is 1.98. The second-order valence-corrected chi connectivity index (χ2v) is 6.98. The molecular weight excluding hydrogens is 326 g/mol. The van der Waals surface area contributed by atoms with Crippen molar-refractivity contribution >= 4 is 39.0 Å². The molecule has 0 aromatic carbocycles. The zero-order valence-corrected chi connectivity index (χ0v) is 13.3. The highest BCUT2D eigenvalue weighted by atomic mass is 79.9. The molecule has 2 N–H and O–H groups in total. The number of carbonyl (C=O) groups is 1. The van der Waals surface area contributed by atoms with Crippen molar-refractivity contribution < 1.29 is 4.79 Å². The number of nitrogens with zero attached hydrogens (tertiary/aromatic N) is 1. The molecule has 2 heterocycles. The van der Waals surface area contributed by atoms with Crippen molar-refractivity contribution in [2.45, 2.75) is 33.1 Å². The van der Waals surface area contributed by atoms with Gasteiger partial charge in [0.15, 0.2) is 5.82 Å². The third-order valence-electron chi connectivity index (χ3n) is 2.97. The molecule has 4 nitrogen and oxygen atoms in total. The van der Waals surface area contributed by atoms with Crippen molar-refractivity contribution in [3.8, 4) is 0 Å². The molecule has 6 heteroatoms. The van der Waals surface area contributed by atoms with E-state index in [1.165, 1.54) is 4.88 Å². The number of nitrogens with one attached hydrogen (secondary N) is 2. The lowest BCUT2D eigenvalue weighted by Gasteiger charge is -2.02. The summed E-state index contributed by atoms with van der Waals surface area (Å²) in [4.78, 5) is 13.1. The van der Waals surface area contributed by atoms with Crippen LogP contribution in [0.5, 0.6) is 0 Å². The van der Waals surface area contributed by atoms with Gasteiger partial charge in [0.2, 0.25) is 5.91 Å². The smallest absolute Gasteiger partial charge is 0.225 e. The maximum Gasteiger partial charge on any atom is 0.225 e. The zero-order chi connectivity index (χ0) is 13.8. The van der Waals surface area contributed by atoms with Crippen molar-refractivity contribution in [1.29, 1.82) is 0 Å². The summed E-state index contributed by atoms with van der Waals surface area (Å²) in [7, 11) is 0. The molecule has 0 atom stereocenters. The number of anilines is 1. The van der Waals surface area contributed by atoms with E-state index < -0.39 is 0 Å². The van der Waals surface area contributed by atoms with E-state index in [1.807, 2.05) is 19.9 Å². The van der Waals surface area contributed by atoms with Gasteiger partial charge in [0.05, 0.1) is 3.79 Å². The van der Waals surface area contributed by atoms with Crippen LogP contribution >= 0.6 is 27.3 Å². The molecule has 0 aliphatic heterocycles. The fourth-order valence-corrected chi connectivity index (χ4v) is 3.24. The van der Waals surface area contributed by atoms with Gasteiger partial charge in [-0.15, -0.1) is 11.3 Å². The monoisotopic (exact) mass is 341 g/mol. The lowest BCUT2D eigenvalue weighted by molar-refractivity contribution is -0.116.